The highest BCUT2D eigenvalue weighted by atomic mass is 31.2. The Balaban J connectivity index is 1.02. The fourth-order valence-corrected chi connectivity index (χ4v) is 13.1. The van der Waals surface area contributed by atoms with Crippen molar-refractivity contribution in [2.45, 2.75) is 88.8 Å². The van der Waals surface area contributed by atoms with Gasteiger partial charge in [-0.25, -0.2) is 14.3 Å². The van der Waals surface area contributed by atoms with Crippen molar-refractivity contribution in [1.29, 1.82) is 5.26 Å². The van der Waals surface area contributed by atoms with Crippen LogP contribution >= 0.6 is 8.53 Å². The first kappa shape index (κ1) is 60.8. The topological polar surface area (TPSA) is 187 Å². The van der Waals surface area contributed by atoms with E-state index in [-0.39, 0.29) is 31.7 Å². The molecule has 2 unspecified atom stereocenters. The Labute approximate surface area is 507 Å². The van der Waals surface area contributed by atoms with Crippen molar-refractivity contribution >= 4 is 36.2 Å². The first-order valence-corrected chi connectivity index (χ1v) is 29.8. The summed E-state index contributed by atoms with van der Waals surface area (Å²) in [5.74, 6) is 14.8. The number of aromatic amines is 1. The summed E-state index contributed by atoms with van der Waals surface area (Å²) in [6.45, 7) is 7.90. The van der Waals surface area contributed by atoms with Gasteiger partial charge in [0.25, 0.3) is 14.1 Å². The lowest BCUT2D eigenvalue weighted by Crippen LogP contribution is -2.53. The van der Waals surface area contributed by atoms with Crippen molar-refractivity contribution < 1.29 is 37.9 Å². The number of nitriles is 1. The molecule has 0 spiro atoms. The Bertz CT molecular complexity index is 4040. The maximum atomic E-state index is 14.6. The zero-order valence-corrected chi connectivity index (χ0v) is 49.9. The summed E-state index contributed by atoms with van der Waals surface area (Å²) >= 11 is 0. The normalized spacial score (nSPS) is 16.3. The largest absolute Gasteiger partial charge is 0.497 e. The van der Waals surface area contributed by atoms with Gasteiger partial charge in [-0.2, -0.15) is 5.26 Å². The average Bonchev–Trinajstić information content (AvgIpc) is 1.94. The molecule has 0 radical (unpaired) electrons. The summed E-state index contributed by atoms with van der Waals surface area (Å²) < 4.78 is 41.6. The Hall–Kier alpha value is -9.33. The Morgan fingerprint density at radius 3 is 1.66 bits per heavy atom. The Morgan fingerprint density at radius 2 is 1.16 bits per heavy atom. The molecule has 1 amide bonds. The molecule has 15 nitrogen and oxygen atoms in total. The second-order valence-electron chi connectivity index (χ2n) is 21.3. The molecule has 6 atom stereocenters. The summed E-state index contributed by atoms with van der Waals surface area (Å²) in [5.41, 5.74) is 3.02. The lowest BCUT2D eigenvalue weighted by Gasteiger charge is -2.44. The van der Waals surface area contributed by atoms with Crippen molar-refractivity contribution in [3.05, 3.63) is 260 Å². The molecule has 0 aliphatic carbocycles. The van der Waals surface area contributed by atoms with Crippen molar-refractivity contribution in [1.82, 2.24) is 19.5 Å². The number of carbonyl (C=O) groups excluding carboxylic acids is 1. The third-order valence-electron chi connectivity index (χ3n) is 15.3. The van der Waals surface area contributed by atoms with E-state index in [9.17, 15) is 24.8 Å². The van der Waals surface area contributed by atoms with Crippen molar-refractivity contribution in [2.75, 3.05) is 20.8 Å². The minimum absolute atomic E-state index is 0.00619. The minimum atomic E-state index is -2.15. The highest BCUT2D eigenvalue weighted by Gasteiger charge is 2.59. The van der Waals surface area contributed by atoms with E-state index in [1.54, 1.807) is 38.5 Å². The Morgan fingerprint density at radius 1 is 0.667 bits per heavy atom. The minimum Gasteiger partial charge on any atom is -0.497 e. The highest BCUT2D eigenvalue weighted by molar-refractivity contribution is 7.44. The summed E-state index contributed by atoms with van der Waals surface area (Å²) in [5, 5.41) is 30.5. The number of alkyl carbamates (subject to hydrolysis) is 1. The van der Waals surface area contributed by atoms with Gasteiger partial charge in [0, 0.05) is 53.1 Å². The maximum absolute atomic E-state index is 14.6. The number of hydrogen-bond donors (Lipinski definition) is 3. The lowest BCUT2D eigenvalue weighted by atomic mass is 9.64. The van der Waals surface area contributed by atoms with E-state index in [1.165, 1.54) is 6.20 Å². The average molecular weight is 1180 g/mol. The molecular weight excluding hydrogens is 1110 g/mol. The number of rotatable bonds is 19. The van der Waals surface area contributed by atoms with Crippen LogP contribution in [0.4, 0.5) is 4.79 Å². The molecule has 87 heavy (non-hydrogen) atoms. The molecule has 0 saturated carbocycles. The zero-order chi connectivity index (χ0) is 61.0. The molecule has 1 aliphatic heterocycles. The molecule has 440 valence electrons. The van der Waals surface area contributed by atoms with Crippen molar-refractivity contribution in [3.63, 3.8) is 0 Å². The maximum Gasteiger partial charge on any atom is 0.407 e. The van der Waals surface area contributed by atoms with Crippen molar-refractivity contribution in [3.8, 4) is 41.2 Å². The van der Waals surface area contributed by atoms with Crippen molar-refractivity contribution in [2.24, 2.45) is 0 Å². The molecule has 1 fully saturated rings. The number of nitrogens with zero attached hydrogens (tertiary/aromatic N) is 3. The fourth-order valence-electron chi connectivity index (χ4n) is 11.3. The van der Waals surface area contributed by atoms with Gasteiger partial charge in [0.1, 0.15) is 29.8 Å². The van der Waals surface area contributed by atoms with Gasteiger partial charge in [-0.3, -0.25) is 14.3 Å². The number of nitrogens with one attached hydrogen (secondary N) is 2. The SMILES string of the molecule is COc1ccc(C(c2ccccc2)(c2ccc(OC)cc2)C(O)[C@H]2O[C@@H](n3ccc(=O)[nH]c3=O)[C@H](OC(=O)NCc3ccc(C#Cc4c5ccccc5c(C#Cc5ccccc5)c5ccccc45)cc3)[C@@H]2OP(OCCC#N)N(C(C)C)C(C)C)cc1. The summed E-state index contributed by atoms with van der Waals surface area (Å²) in [6, 6.07) is 60.7. The van der Waals surface area contributed by atoms with E-state index in [4.69, 9.17) is 28.0 Å². The summed E-state index contributed by atoms with van der Waals surface area (Å²) in [4.78, 5) is 43.7. The van der Waals surface area contributed by atoms with Gasteiger partial charge in [0.2, 0.25) is 0 Å². The van der Waals surface area contributed by atoms with Gasteiger partial charge in [-0.05, 0) is 120 Å². The quantitative estimate of drug-likeness (QED) is 0.0229. The number of aliphatic hydroxyl groups is 1. The van der Waals surface area contributed by atoms with Gasteiger partial charge in [-0.15, -0.1) is 0 Å². The lowest BCUT2D eigenvalue weighted by molar-refractivity contribution is -0.0978. The number of fused-ring (bicyclic) bond motifs is 2. The summed E-state index contributed by atoms with van der Waals surface area (Å²) in [7, 11) is 0.981. The number of aromatic nitrogens is 2. The molecule has 1 aromatic heterocycles. The number of hydrogen-bond acceptors (Lipinski definition) is 12. The van der Waals surface area contributed by atoms with E-state index in [0.29, 0.717) is 28.2 Å². The van der Waals surface area contributed by atoms with E-state index in [0.717, 1.165) is 60.0 Å². The molecule has 8 aromatic carbocycles. The first-order chi connectivity index (χ1) is 42.3. The van der Waals surface area contributed by atoms with Gasteiger partial charge in [-0.1, -0.05) is 157 Å². The molecular formula is C71H66N5O10P. The smallest absolute Gasteiger partial charge is 0.407 e. The predicted molar refractivity (Wildman–Crippen MR) is 337 cm³/mol. The first-order valence-electron chi connectivity index (χ1n) is 28.6. The van der Waals surface area contributed by atoms with Crippen LogP contribution in [0.25, 0.3) is 21.5 Å². The van der Waals surface area contributed by atoms with E-state index < -0.39 is 61.9 Å². The standard InChI is InChI=1S/C71H66N5O10P/c1-47(2)76(48(3)4)87(83-45-17-43-72)86-64-65(67(78)71(52-20-11-8-12-21-52,53-32-36-55(81-5)37-33-53)54-34-38-56(82-6)39-35-54)84-68(75-44-42-63(77)74-69(75)79)66(64)85-70(80)73-46-51-28-26-50(27-29-51)31-41-62-59-24-15-13-22-57(59)61(58-23-14-16-25-60(58)62)40-30-49-18-9-7-10-19-49/h7-16,18-29,32-39,42,44,47-48,64-68,78H,17,45-46H2,1-6H3,(H,73,80)(H,74,77,79)/t64-,65+,66-,67?,68-,87?/m1/s1. The molecule has 1 aliphatic rings. The molecule has 0 bridgehead atoms. The molecule has 3 N–H and O–H groups in total. The van der Waals surface area contributed by atoms with Crippen LogP contribution in [0.15, 0.2) is 204 Å². The molecule has 2 heterocycles. The van der Waals surface area contributed by atoms with E-state index in [2.05, 4.69) is 64.3 Å². The highest BCUT2D eigenvalue weighted by Crippen LogP contribution is 2.54. The van der Waals surface area contributed by atoms with Gasteiger partial charge in [0.15, 0.2) is 12.3 Å². The monoisotopic (exact) mass is 1180 g/mol. The number of amides is 1. The van der Waals surface area contributed by atoms with Crippen LogP contribution in [0.5, 0.6) is 11.5 Å². The van der Waals surface area contributed by atoms with Crippen LogP contribution in [0.1, 0.15) is 84.9 Å². The second-order valence-corrected chi connectivity index (χ2v) is 22.7. The van der Waals surface area contributed by atoms with Crippen LogP contribution in [0.2, 0.25) is 0 Å². The summed E-state index contributed by atoms with van der Waals surface area (Å²) in [6.07, 6.45) is -7.18. The molecule has 9 aromatic rings. The number of carbonyl (C=O) groups is 1. The van der Waals surface area contributed by atoms with Crippen LogP contribution in [-0.2, 0) is 30.5 Å². The third kappa shape index (κ3) is 13.2. The number of methoxy groups -OCH3 is 2. The third-order valence-corrected chi connectivity index (χ3v) is 17.4. The van der Waals surface area contributed by atoms with E-state index in [1.807, 2.05) is 166 Å². The second kappa shape index (κ2) is 27.8. The number of H-pyrrole nitrogens is 1. The number of benzene rings is 8. The molecule has 10 rings (SSSR count). The van der Waals surface area contributed by atoms with Crippen LogP contribution in [0, 0.1) is 35.0 Å². The van der Waals surface area contributed by atoms with E-state index >= 15 is 0 Å². The molecule has 1 saturated heterocycles. The van der Waals surface area contributed by atoms with Gasteiger partial charge < -0.3 is 38.4 Å². The number of aliphatic hydroxyl groups excluding tert-OH is 1. The Kier molecular flexibility index (Phi) is 19.4. The fraction of sp³-hybridized carbons (Fsp3) is 0.239. The number of ether oxygens (including phenoxy) is 4. The van der Waals surface area contributed by atoms with Crippen LogP contribution in [0.3, 0.4) is 0 Å². The van der Waals surface area contributed by atoms with Crippen LogP contribution in [-0.4, -0.2) is 82.7 Å². The predicted octanol–water partition coefficient (Wildman–Crippen LogP) is 11.9. The van der Waals surface area contributed by atoms with Gasteiger partial charge in [0.05, 0.1) is 38.7 Å². The van der Waals surface area contributed by atoms with Crippen LogP contribution < -0.4 is 26.0 Å². The molecule has 16 heteroatoms. The zero-order valence-electron chi connectivity index (χ0n) is 49.0. The van der Waals surface area contributed by atoms with Gasteiger partial charge >= 0.3 is 11.8 Å².